The van der Waals surface area contributed by atoms with Crippen LogP contribution in [-0.4, -0.2) is 19.2 Å². The van der Waals surface area contributed by atoms with Crippen molar-refractivity contribution in [2.75, 3.05) is 6.61 Å². The molecule has 0 unspecified atom stereocenters. The standard InChI is InChI=1S/C12H10ClF2NO3/c1-2-18-10(17)5-8-7(6-16)3-4-9(11(8)13)19-12(14)15/h3-4,12H,2,5H2,1H3. The van der Waals surface area contributed by atoms with E-state index in [-0.39, 0.29) is 34.9 Å². The van der Waals surface area contributed by atoms with Gasteiger partial charge in [-0.05, 0) is 19.1 Å². The molecular formula is C12H10ClF2NO3. The first-order chi connectivity index (χ1) is 8.99. The summed E-state index contributed by atoms with van der Waals surface area (Å²) in [4.78, 5) is 11.4. The number of hydrogen-bond donors (Lipinski definition) is 0. The molecule has 1 aromatic rings. The zero-order chi connectivity index (χ0) is 14.4. The highest BCUT2D eigenvalue weighted by Crippen LogP contribution is 2.32. The fourth-order valence-electron chi connectivity index (χ4n) is 1.42. The van der Waals surface area contributed by atoms with Gasteiger partial charge >= 0.3 is 12.6 Å². The van der Waals surface area contributed by atoms with Crippen molar-refractivity contribution < 1.29 is 23.0 Å². The van der Waals surface area contributed by atoms with Crippen LogP contribution in [0.3, 0.4) is 0 Å². The third-order valence-corrected chi connectivity index (χ3v) is 2.59. The number of benzene rings is 1. The zero-order valence-electron chi connectivity index (χ0n) is 9.95. The number of rotatable bonds is 5. The van der Waals surface area contributed by atoms with Crippen molar-refractivity contribution in [1.82, 2.24) is 0 Å². The summed E-state index contributed by atoms with van der Waals surface area (Å²) in [5.74, 6) is -0.884. The molecule has 0 bridgehead atoms. The number of hydrogen-bond acceptors (Lipinski definition) is 4. The highest BCUT2D eigenvalue weighted by atomic mass is 35.5. The third-order valence-electron chi connectivity index (χ3n) is 2.17. The maximum Gasteiger partial charge on any atom is 0.387 e. The minimum absolute atomic E-state index is 0.111. The first kappa shape index (κ1) is 15.2. The number of nitrogens with zero attached hydrogens (tertiary/aromatic N) is 1. The number of nitriles is 1. The molecule has 4 nitrogen and oxygen atoms in total. The van der Waals surface area contributed by atoms with Crippen molar-refractivity contribution in [3.8, 4) is 11.8 Å². The summed E-state index contributed by atoms with van der Waals surface area (Å²) in [6.07, 6.45) is -0.282. The lowest BCUT2D eigenvalue weighted by Crippen LogP contribution is -2.10. The van der Waals surface area contributed by atoms with E-state index in [0.717, 1.165) is 6.07 Å². The summed E-state index contributed by atoms with van der Waals surface area (Å²) in [5, 5.41) is 8.72. The van der Waals surface area contributed by atoms with Gasteiger partial charge in [0.05, 0.1) is 29.7 Å². The SMILES string of the molecule is CCOC(=O)Cc1c(C#N)ccc(OC(F)F)c1Cl. The van der Waals surface area contributed by atoms with Crippen molar-refractivity contribution in [3.63, 3.8) is 0 Å². The molecule has 0 aliphatic carbocycles. The number of alkyl halides is 2. The Bertz CT molecular complexity index is 514. The van der Waals surface area contributed by atoms with Gasteiger partial charge in [0, 0.05) is 5.56 Å². The van der Waals surface area contributed by atoms with E-state index in [1.165, 1.54) is 6.07 Å². The minimum Gasteiger partial charge on any atom is -0.466 e. The van der Waals surface area contributed by atoms with E-state index >= 15 is 0 Å². The molecule has 0 amide bonds. The summed E-state index contributed by atoms with van der Waals surface area (Å²) in [6, 6.07) is 4.25. The molecule has 0 aromatic heterocycles. The lowest BCUT2D eigenvalue weighted by molar-refractivity contribution is -0.142. The average Bonchev–Trinajstić information content (AvgIpc) is 2.34. The Labute approximate surface area is 113 Å². The summed E-state index contributed by atoms with van der Waals surface area (Å²) in [5.41, 5.74) is 0.223. The number of carbonyl (C=O) groups is 1. The molecule has 1 rings (SSSR count). The number of halogens is 3. The van der Waals surface area contributed by atoms with Crippen LogP contribution in [0.25, 0.3) is 0 Å². The second-order valence-corrected chi connectivity index (χ2v) is 3.75. The van der Waals surface area contributed by atoms with Crippen molar-refractivity contribution in [3.05, 3.63) is 28.3 Å². The maximum absolute atomic E-state index is 12.2. The molecule has 1 aromatic carbocycles. The van der Waals surface area contributed by atoms with Gasteiger partial charge in [-0.15, -0.1) is 0 Å². The Kier molecular flexibility index (Phi) is 5.52. The summed E-state index contributed by atoms with van der Waals surface area (Å²) >= 11 is 5.86. The average molecular weight is 290 g/mol. The molecule has 19 heavy (non-hydrogen) atoms. The molecule has 0 heterocycles. The minimum atomic E-state index is -3.04. The topological polar surface area (TPSA) is 59.3 Å². The van der Waals surface area contributed by atoms with Crippen molar-refractivity contribution in [1.29, 1.82) is 5.26 Å². The number of carbonyl (C=O) groups excluding carboxylic acids is 1. The normalized spacial score (nSPS) is 10.1. The lowest BCUT2D eigenvalue weighted by atomic mass is 10.0. The van der Waals surface area contributed by atoms with E-state index in [1.807, 2.05) is 6.07 Å². The van der Waals surface area contributed by atoms with E-state index in [1.54, 1.807) is 6.92 Å². The maximum atomic E-state index is 12.2. The molecule has 0 radical (unpaired) electrons. The van der Waals surface area contributed by atoms with E-state index < -0.39 is 12.6 Å². The van der Waals surface area contributed by atoms with Crippen LogP contribution in [0.5, 0.6) is 5.75 Å². The van der Waals surface area contributed by atoms with Gasteiger partial charge in [-0.25, -0.2) is 0 Å². The predicted molar refractivity (Wildman–Crippen MR) is 63.1 cm³/mol. The van der Waals surface area contributed by atoms with Crippen LogP contribution in [-0.2, 0) is 16.0 Å². The monoisotopic (exact) mass is 289 g/mol. The Morgan fingerprint density at radius 2 is 2.21 bits per heavy atom. The van der Waals surface area contributed by atoms with Crippen LogP contribution in [0, 0.1) is 11.3 Å². The third kappa shape index (κ3) is 4.07. The van der Waals surface area contributed by atoms with Crippen LogP contribution in [0.4, 0.5) is 8.78 Å². The summed E-state index contributed by atoms with van der Waals surface area (Å²) in [6.45, 7) is -1.24. The summed E-state index contributed by atoms with van der Waals surface area (Å²) < 4.78 is 33.2. The second kappa shape index (κ2) is 6.90. The lowest BCUT2D eigenvalue weighted by Gasteiger charge is -2.11. The molecule has 102 valence electrons. The van der Waals surface area contributed by atoms with Crippen LogP contribution < -0.4 is 4.74 Å². The molecular weight excluding hydrogens is 280 g/mol. The fraction of sp³-hybridized carbons (Fsp3) is 0.333. The van der Waals surface area contributed by atoms with Crippen molar-refractivity contribution in [2.45, 2.75) is 20.0 Å². The predicted octanol–water partition coefficient (Wildman–Crippen LogP) is 2.92. The zero-order valence-corrected chi connectivity index (χ0v) is 10.7. The van der Waals surface area contributed by atoms with E-state index in [9.17, 15) is 13.6 Å². The van der Waals surface area contributed by atoms with E-state index in [0.29, 0.717) is 0 Å². The molecule has 0 atom stereocenters. The highest BCUT2D eigenvalue weighted by molar-refractivity contribution is 6.33. The quantitative estimate of drug-likeness (QED) is 0.782. The molecule has 0 spiro atoms. The molecule has 0 aliphatic heterocycles. The van der Waals surface area contributed by atoms with E-state index in [4.69, 9.17) is 21.6 Å². The Hall–Kier alpha value is -1.87. The van der Waals surface area contributed by atoms with Crippen molar-refractivity contribution >= 4 is 17.6 Å². The van der Waals surface area contributed by atoms with Gasteiger partial charge in [0.15, 0.2) is 0 Å². The highest BCUT2D eigenvalue weighted by Gasteiger charge is 2.18. The Balaban J connectivity index is 3.11. The Morgan fingerprint density at radius 3 is 2.74 bits per heavy atom. The smallest absolute Gasteiger partial charge is 0.387 e. The number of ether oxygens (including phenoxy) is 2. The molecule has 0 saturated carbocycles. The van der Waals surface area contributed by atoms with Gasteiger partial charge in [-0.1, -0.05) is 11.6 Å². The fourth-order valence-corrected chi connectivity index (χ4v) is 1.70. The first-order valence-corrected chi connectivity index (χ1v) is 5.69. The number of esters is 1. The molecule has 0 aliphatic rings. The van der Waals surface area contributed by atoms with E-state index in [2.05, 4.69) is 4.74 Å². The molecule has 0 fully saturated rings. The first-order valence-electron chi connectivity index (χ1n) is 5.31. The van der Waals surface area contributed by atoms with Gasteiger partial charge < -0.3 is 9.47 Å². The summed E-state index contributed by atoms with van der Waals surface area (Å²) in [7, 11) is 0. The Morgan fingerprint density at radius 1 is 1.53 bits per heavy atom. The van der Waals surface area contributed by atoms with Crippen LogP contribution in [0.1, 0.15) is 18.1 Å². The van der Waals surface area contributed by atoms with Crippen molar-refractivity contribution in [2.24, 2.45) is 0 Å². The molecule has 0 saturated heterocycles. The molecule has 7 heteroatoms. The van der Waals surface area contributed by atoms with Gasteiger partial charge in [-0.3, -0.25) is 4.79 Å². The van der Waals surface area contributed by atoms with Gasteiger partial charge in [-0.2, -0.15) is 14.0 Å². The largest absolute Gasteiger partial charge is 0.466 e. The van der Waals surface area contributed by atoms with Gasteiger partial charge in [0.25, 0.3) is 0 Å². The van der Waals surface area contributed by atoms with Crippen LogP contribution in [0.15, 0.2) is 12.1 Å². The molecule has 0 N–H and O–H groups in total. The van der Waals surface area contributed by atoms with Crippen LogP contribution >= 0.6 is 11.6 Å². The second-order valence-electron chi connectivity index (χ2n) is 3.38. The van der Waals surface area contributed by atoms with Gasteiger partial charge in [0.2, 0.25) is 0 Å². The van der Waals surface area contributed by atoms with Gasteiger partial charge in [0.1, 0.15) is 5.75 Å². The van der Waals surface area contributed by atoms with Crippen LogP contribution in [0.2, 0.25) is 5.02 Å².